The minimum absolute atomic E-state index is 0. The lowest BCUT2D eigenvalue weighted by Gasteiger charge is -2.19. The lowest BCUT2D eigenvalue weighted by molar-refractivity contribution is 0.0707. The Morgan fingerprint density at radius 2 is 2.11 bits per heavy atom. The fraction of sp³-hybridized carbons (Fsp3) is 0.529. The van der Waals surface area contributed by atoms with Gasteiger partial charge in [0.05, 0.1) is 18.2 Å². The van der Waals surface area contributed by atoms with Crippen molar-refractivity contribution in [2.24, 2.45) is 5.73 Å². The lowest BCUT2D eigenvalue weighted by atomic mass is 10.1. The van der Waals surface area contributed by atoms with Crippen LogP contribution in [-0.4, -0.2) is 55.9 Å². The van der Waals surface area contributed by atoms with Crippen LogP contribution in [0.4, 0.5) is 0 Å². The SMILES string of the molecule is CC(C)(N)CNC(=O)c1ccc2c(c1)S(=O)(=O)N(CC1CCCO1)C2=O.Cl. The van der Waals surface area contributed by atoms with E-state index in [2.05, 4.69) is 5.32 Å². The van der Waals surface area contributed by atoms with Crippen molar-refractivity contribution in [3.8, 4) is 0 Å². The Morgan fingerprint density at radius 3 is 2.70 bits per heavy atom. The molecular formula is C17H24ClN3O5S. The summed E-state index contributed by atoms with van der Waals surface area (Å²) in [6.07, 6.45) is 1.29. The number of nitrogens with two attached hydrogens (primary N) is 1. The van der Waals surface area contributed by atoms with E-state index in [0.717, 1.165) is 17.1 Å². The molecule has 0 radical (unpaired) electrons. The average molecular weight is 418 g/mol. The molecular weight excluding hydrogens is 394 g/mol. The zero-order valence-electron chi connectivity index (χ0n) is 15.2. The van der Waals surface area contributed by atoms with Crippen molar-refractivity contribution in [1.29, 1.82) is 0 Å². The van der Waals surface area contributed by atoms with Crippen molar-refractivity contribution >= 4 is 34.2 Å². The zero-order valence-corrected chi connectivity index (χ0v) is 16.9. The van der Waals surface area contributed by atoms with E-state index in [4.69, 9.17) is 10.5 Å². The maximum Gasteiger partial charge on any atom is 0.269 e. The first kappa shape index (κ1) is 21.6. The van der Waals surface area contributed by atoms with Gasteiger partial charge in [0.2, 0.25) is 0 Å². The fourth-order valence-electron chi connectivity index (χ4n) is 2.98. The Balaban J connectivity index is 0.00000261. The first-order chi connectivity index (χ1) is 12.1. The molecule has 0 bridgehead atoms. The quantitative estimate of drug-likeness (QED) is 0.734. The van der Waals surface area contributed by atoms with Crippen LogP contribution >= 0.6 is 12.4 Å². The molecule has 0 aliphatic carbocycles. The molecule has 150 valence electrons. The molecule has 3 rings (SSSR count). The molecule has 1 aromatic rings. The topological polar surface area (TPSA) is 119 Å². The minimum Gasteiger partial charge on any atom is -0.376 e. The smallest absolute Gasteiger partial charge is 0.269 e. The van der Waals surface area contributed by atoms with Gasteiger partial charge in [-0.15, -0.1) is 12.4 Å². The largest absolute Gasteiger partial charge is 0.376 e. The molecule has 2 amide bonds. The number of nitrogens with one attached hydrogen (secondary N) is 1. The van der Waals surface area contributed by atoms with Gasteiger partial charge in [-0.1, -0.05) is 0 Å². The van der Waals surface area contributed by atoms with Crippen molar-refractivity contribution in [3.63, 3.8) is 0 Å². The highest BCUT2D eigenvalue weighted by Gasteiger charge is 2.43. The minimum atomic E-state index is -3.98. The molecule has 2 heterocycles. The number of fused-ring (bicyclic) bond motifs is 1. The van der Waals surface area contributed by atoms with Crippen molar-refractivity contribution in [3.05, 3.63) is 29.3 Å². The van der Waals surface area contributed by atoms with Crippen LogP contribution in [0.2, 0.25) is 0 Å². The van der Waals surface area contributed by atoms with Gasteiger partial charge in [-0.2, -0.15) is 0 Å². The number of ether oxygens (including phenoxy) is 1. The Hall–Kier alpha value is -1.68. The van der Waals surface area contributed by atoms with Crippen LogP contribution in [0, 0.1) is 0 Å². The van der Waals surface area contributed by atoms with Gasteiger partial charge in [-0.3, -0.25) is 9.59 Å². The van der Waals surface area contributed by atoms with Gasteiger partial charge in [0.15, 0.2) is 0 Å². The molecule has 27 heavy (non-hydrogen) atoms. The summed E-state index contributed by atoms with van der Waals surface area (Å²) in [6, 6.07) is 4.07. The number of sulfonamides is 1. The third kappa shape index (κ3) is 4.43. The second-order valence-corrected chi connectivity index (χ2v) is 9.19. The van der Waals surface area contributed by atoms with Crippen molar-refractivity contribution in [2.45, 2.75) is 43.2 Å². The van der Waals surface area contributed by atoms with E-state index in [1.165, 1.54) is 18.2 Å². The van der Waals surface area contributed by atoms with Crippen LogP contribution in [0.1, 0.15) is 47.4 Å². The number of halogens is 1. The van der Waals surface area contributed by atoms with E-state index in [-0.39, 0.29) is 47.6 Å². The van der Waals surface area contributed by atoms with Gasteiger partial charge < -0.3 is 15.8 Å². The summed E-state index contributed by atoms with van der Waals surface area (Å²) in [5, 5.41) is 2.66. The number of rotatable bonds is 5. The summed E-state index contributed by atoms with van der Waals surface area (Å²) in [6.45, 7) is 4.34. The van der Waals surface area contributed by atoms with E-state index >= 15 is 0 Å². The molecule has 0 spiro atoms. The van der Waals surface area contributed by atoms with E-state index in [9.17, 15) is 18.0 Å². The second-order valence-electron chi connectivity index (χ2n) is 7.36. The fourth-order valence-corrected chi connectivity index (χ4v) is 4.61. The number of benzene rings is 1. The van der Waals surface area contributed by atoms with E-state index in [1.807, 2.05) is 0 Å². The first-order valence-corrected chi connectivity index (χ1v) is 9.93. The van der Waals surface area contributed by atoms with Crippen molar-refractivity contribution in [1.82, 2.24) is 9.62 Å². The molecule has 1 aromatic carbocycles. The number of carbonyl (C=O) groups excluding carboxylic acids is 2. The Bertz CT molecular complexity index is 845. The summed E-state index contributed by atoms with van der Waals surface area (Å²) in [5.74, 6) is -1.02. The van der Waals surface area contributed by atoms with Crippen LogP contribution < -0.4 is 11.1 Å². The Kier molecular flexibility index (Phi) is 6.20. The normalized spacial score (nSPS) is 20.9. The predicted octanol–water partition coefficient (Wildman–Crippen LogP) is 0.899. The summed E-state index contributed by atoms with van der Waals surface area (Å²) in [5.41, 5.74) is 5.50. The molecule has 3 N–H and O–H groups in total. The van der Waals surface area contributed by atoms with E-state index < -0.39 is 27.4 Å². The van der Waals surface area contributed by atoms with Crippen molar-refractivity contribution in [2.75, 3.05) is 19.7 Å². The summed E-state index contributed by atoms with van der Waals surface area (Å²) < 4.78 is 31.8. The molecule has 1 unspecified atom stereocenters. The summed E-state index contributed by atoms with van der Waals surface area (Å²) >= 11 is 0. The molecule has 0 saturated carbocycles. The Labute approximate surface area is 164 Å². The maximum absolute atomic E-state index is 12.8. The van der Waals surface area contributed by atoms with E-state index in [1.54, 1.807) is 13.8 Å². The van der Waals surface area contributed by atoms with Gasteiger partial charge in [0.1, 0.15) is 4.90 Å². The second kappa shape index (κ2) is 7.75. The number of hydrogen-bond acceptors (Lipinski definition) is 6. The molecule has 1 fully saturated rings. The molecule has 1 atom stereocenters. The third-order valence-electron chi connectivity index (χ3n) is 4.37. The number of amides is 2. The number of nitrogens with zero attached hydrogens (tertiary/aromatic N) is 1. The highest BCUT2D eigenvalue weighted by molar-refractivity contribution is 7.90. The van der Waals surface area contributed by atoms with Gasteiger partial charge in [-0.25, -0.2) is 12.7 Å². The van der Waals surface area contributed by atoms with Crippen molar-refractivity contribution < 1.29 is 22.7 Å². The average Bonchev–Trinajstić information content (AvgIpc) is 3.14. The highest BCUT2D eigenvalue weighted by Crippen LogP contribution is 2.32. The molecule has 1 saturated heterocycles. The molecule has 10 heteroatoms. The van der Waals surface area contributed by atoms with Crippen LogP contribution in [0.15, 0.2) is 23.1 Å². The third-order valence-corrected chi connectivity index (χ3v) is 6.16. The monoisotopic (exact) mass is 417 g/mol. The summed E-state index contributed by atoms with van der Waals surface area (Å²) in [7, 11) is -3.98. The molecule has 2 aliphatic heterocycles. The van der Waals surface area contributed by atoms with Gasteiger partial charge in [-0.05, 0) is 44.9 Å². The molecule has 0 aromatic heterocycles. The molecule has 8 nitrogen and oxygen atoms in total. The number of carbonyl (C=O) groups is 2. The molecule has 2 aliphatic rings. The highest BCUT2D eigenvalue weighted by atomic mass is 35.5. The zero-order chi connectivity index (χ0) is 19.1. The van der Waals surface area contributed by atoms with Gasteiger partial charge >= 0.3 is 0 Å². The van der Waals surface area contributed by atoms with E-state index in [0.29, 0.717) is 6.61 Å². The van der Waals surface area contributed by atoms with Crippen LogP contribution in [0.3, 0.4) is 0 Å². The van der Waals surface area contributed by atoms with Gasteiger partial charge in [0, 0.05) is 24.3 Å². The predicted molar refractivity (Wildman–Crippen MR) is 101 cm³/mol. The lowest BCUT2D eigenvalue weighted by Crippen LogP contribution is -2.45. The standard InChI is InChI=1S/C17H23N3O5S.ClH/c1-17(2,18)10-19-15(21)11-5-6-13-14(8-11)26(23,24)20(16(13)22)9-12-4-3-7-25-12;/h5-6,8,12H,3-4,7,9-10,18H2,1-2H3,(H,19,21);1H. The Morgan fingerprint density at radius 1 is 1.41 bits per heavy atom. The van der Waals surface area contributed by atoms with Crippen LogP contribution in [0.25, 0.3) is 0 Å². The maximum atomic E-state index is 12.8. The number of hydrogen-bond donors (Lipinski definition) is 2. The van der Waals surface area contributed by atoms with Crippen LogP contribution in [0.5, 0.6) is 0 Å². The first-order valence-electron chi connectivity index (χ1n) is 8.49. The van der Waals surface area contributed by atoms with Gasteiger partial charge in [0.25, 0.3) is 21.8 Å². The van der Waals surface area contributed by atoms with Crippen LogP contribution in [-0.2, 0) is 14.8 Å². The summed E-state index contributed by atoms with van der Waals surface area (Å²) in [4.78, 5) is 24.6.